The Bertz CT molecular complexity index is 680. The second kappa shape index (κ2) is 6.67. The molecule has 0 atom stereocenters. The third-order valence-corrected chi connectivity index (χ3v) is 3.99. The van der Waals surface area contributed by atoms with Gasteiger partial charge < -0.3 is 10.2 Å². The SMILES string of the molecule is O=C(Nc1ccc(Cl)cc1)N1CC=C(c2ccccc2)CC1. The fourth-order valence-corrected chi connectivity index (χ4v) is 2.63. The van der Waals surface area contributed by atoms with Crippen LogP contribution in [-0.4, -0.2) is 24.0 Å². The lowest BCUT2D eigenvalue weighted by atomic mass is 10.00. The third-order valence-electron chi connectivity index (χ3n) is 3.74. The Hall–Kier alpha value is -2.26. The van der Waals surface area contributed by atoms with Crippen molar-refractivity contribution in [1.29, 1.82) is 0 Å². The first kappa shape index (κ1) is 14.7. The van der Waals surface area contributed by atoms with E-state index in [0.717, 1.165) is 18.7 Å². The molecule has 1 aliphatic rings. The normalized spacial score (nSPS) is 14.4. The number of nitrogens with one attached hydrogen (secondary N) is 1. The monoisotopic (exact) mass is 312 g/mol. The topological polar surface area (TPSA) is 32.3 Å². The van der Waals surface area contributed by atoms with Gasteiger partial charge in [-0.25, -0.2) is 4.79 Å². The number of amides is 2. The molecule has 1 heterocycles. The zero-order valence-electron chi connectivity index (χ0n) is 12.1. The maximum atomic E-state index is 12.2. The van der Waals surface area contributed by atoms with Gasteiger partial charge in [0.05, 0.1) is 0 Å². The van der Waals surface area contributed by atoms with Crippen LogP contribution in [0.15, 0.2) is 60.7 Å². The zero-order chi connectivity index (χ0) is 15.4. The number of carbonyl (C=O) groups excluding carboxylic acids is 1. The molecule has 2 amide bonds. The van der Waals surface area contributed by atoms with E-state index in [-0.39, 0.29) is 6.03 Å². The number of urea groups is 1. The lowest BCUT2D eigenvalue weighted by Gasteiger charge is -2.27. The van der Waals surface area contributed by atoms with E-state index in [9.17, 15) is 4.79 Å². The van der Waals surface area contributed by atoms with Gasteiger partial charge in [-0.2, -0.15) is 0 Å². The van der Waals surface area contributed by atoms with Gasteiger partial charge in [-0.3, -0.25) is 0 Å². The van der Waals surface area contributed by atoms with Crippen molar-refractivity contribution < 1.29 is 4.79 Å². The van der Waals surface area contributed by atoms with Crippen molar-refractivity contribution in [3.8, 4) is 0 Å². The molecule has 0 aromatic heterocycles. The molecular formula is C18H17ClN2O. The summed E-state index contributed by atoms with van der Waals surface area (Å²) < 4.78 is 0. The number of rotatable bonds is 2. The summed E-state index contributed by atoms with van der Waals surface area (Å²) in [7, 11) is 0. The Morgan fingerprint density at radius 3 is 2.41 bits per heavy atom. The molecule has 0 saturated heterocycles. The summed E-state index contributed by atoms with van der Waals surface area (Å²) in [6.07, 6.45) is 3.00. The highest BCUT2D eigenvalue weighted by atomic mass is 35.5. The fourth-order valence-electron chi connectivity index (χ4n) is 2.50. The molecule has 1 N–H and O–H groups in total. The number of halogens is 1. The minimum absolute atomic E-state index is 0.0781. The van der Waals surface area contributed by atoms with Crippen molar-refractivity contribution in [3.63, 3.8) is 0 Å². The highest BCUT2D eigenvalue weighted by Gasteiger charge is 2.17. The van der Waals surface area contributed by atoms with Crippen LogP contribution in [-0.2, 0) is 0 Å². The molecule has 0 spiro atoms. The van der Waals surface area contributed by atoms with E-state index in [4.69, 9.17) is 11.6 Å². The second-order valence-corrected chi connectivity index (χ2v) is 5.66. The smallest absolute Gasteiger partial charge is 0.320 e. The maximum Gasteiger partial charge on any atom is 0.322 e. The minimum atomic E-state index is -0.0781. The lowest BCUT2D eigenvalue weighted by Crippen LogP contribution is -2.37. The molecule has 3 nitrogen and oxygen atoms in total. The second-order valence-electron chi connectivity index (χ2n) is 5.23. The van der Waals surface area contributed by atoms with E-state index < -0.39 is 0 Å². The predicted octanol–water partition coefficient (Wildman–Crippen LogP) is 4.66. The van der Waals surface area contributed by atoms with Crippen molar-refractivity contribution in [1.82, 2.24) is 4.90 Å². The van der Waals surface area contributed by atoms with Crippen molar-refractivity contribution in [3.05, 3.63) is 71.3 Å². The van der Waals surface area contributed by atoms with Crippen LogP contribution < -0.4 is 5.32 Å². The first-order valence-electron chi connectivity index (χ1n) is 7.28. The van der Waals surface area contributed by atoms with Crippen LogP contribution in [0.3, 0.4) is 0 Å². The molecule has 22 heavy (non-hydrogen) atoms. The number of anilines is 1. The van der Waals surface area contributed by atoms with Crippen LogP contribution in [0.4, 0.5) is 10.5 Å². The number of benzene rings is 2. The molecule has 1 aliphatic heterocycles. The largest absolute Gasteiger partial charge is 0.322 e. The molecule has 4 heteroatoms. The van der Waals surface area contributed by atoms with Crippen molar-refractivity contribution in [2.45, 2.75) is 6.42 Å². The van der Waals surface area contributed by atoms with Gasteiger partial charge in [0.2, 0.25) is 0 Å². The summed E-state index contributed by atoms with van der Waals surface area (Å²) in [4.78, 5) is 14.1. The fraction of sp³-hybridized carbons (Fsp3) is 0.167. The number of hydrogen-bond donors (Lipinski definition) is 1. The zero-order valence-corrected chi connectivity index (χ0v) is 12.9. The van der Waals surface area contributed by atoms with E-state index in [1.807, 2.05) is 18.2 Å². The van der Waals surface area contributed by atoms with Gasteiger partial charge >= 0.3 is 6.03 Å². The first-order chi connectivity index (χ1) is 10.7. The molecule has 0 radical (unpaired) electrons. The summed E-state index contributed by atoms with van der Waals surface area (Å²) in [6, 6.07) is 17.4. The van der Waals surface area contributed by atoms with Gasteiger partial charge in [-0.15, -0.1) is 0 Å². The summed E-state index contributed by atoms with van der Waals surface area (Å²) in [5, 5.41) is 3.55. The third kappa shape index (κ3) is 3.49. The quantitative estimate of drug-likeness (QED) is 0.859. The summed E-state index contributed by atoms with van der Waals surface area (Å²) in [6.45, 7) is 1.35. The molecule has 0 bridgehead atoms. The molecule has 0 aliphatic carbocycles. The van der Waals surface area contributed by atoms with Crippen LogP contribution >= 0.6 is 11.6 Å². The highest BCUT2D eigenvalue weighted by Crippen LogP contribution is 2.22. The minimum Gasteiger partial charge on any atom is -0.320 e. The van der Waals surface area contributed by atoms with Crippen LogP contribution in [0.5, 0.6) is 0 Å². The van der Waals surface area contributed by atoms with Crippen molar-refractivity contribution in [2.75, 3.05) is 18.4 Å². The standard InChI is InChI=1S/C18H17ClN2O/c19-16-6-8-17(9-7-16)20-18(22)21-12-10-15(11-13-21)14-4-2-1-3-5-14/h1-10H,11-13H2,(H,20,22). The Kier molecular flexibility index (Phi) is 4.45. The van der Waals surface area contributed by atoms with E-state index in [2.05, 4.69) is 23.5 Å². The van der Waals surface area contributed by atoms with Crippen LogP contribution in [0.2, 0.25) is 5.02 Å². The summed E-state index contributed by atoms with van der Waals surface area (Å²) in [5.41, 5.74) is 3.30. The van der Waals surface area contributed by atoms with Crippen LogP contribution in [0, 0.1) is 0 Å². The Balaban J connectivity index is 1.62. The van der Waals surface area contributed by atoms with E-state index >= 15 is 0 Å². The first-order valence-corrected chi connectivity index (χ1v) is 7.66. The van der Waals surface area contributed by atoms with Gasteiger partial charge in [-0.05, 0) is 41.8 Å². The molecule has 0 fully saturated rings. The van der Waals surface area contributed by atoms with Gasteiger partial charge in [0.1, 0.15) is 0 Å². The number of hydrogen-bond acceptors (Lipinski definition) is 1. The Labute approximate surface area is 135 Å². The van der Waals surface area contributed by atoms with Crippen LogP contribution in [0.1, 0.15) is 12.0 Å². The van der Waals surface area contributed by atoms with Crippen molar-refractivity contribution in [2.24, 2.45) is 0 Å². The Morgan fingerprint density at radius 1 is 1.05 bits per heavy atom. The van der Waals surface area contributed by atoms with E-state index in [1.165, 1.54) is 11.1 Å². The van der Waals surface area contributed by atoms with E-state index in [1.54, 1.807) is 29.2 Å². The van der Waals surface area contributed by atoms with Crippen molar-refractivity contribution >= 4 is 28.9 Å². The number of carbonyl (C=O) groups is 1. The molecule has 2 aromatic carbocycles. The van der Waals surface area contributed by atoms with E-state index in [0.29, 0.717) is 11.6 Å². The van der Waals surface area contributed by atoms with Gasteiger partial charge in [0.15, 0.2) is 0 Å². The molecule has 3 rings (SSSR count). The van der Waals surface area contributed by atoms with Gasteiger partial charge in [0.25, 0.3) is 0 Å². The molecule has 2 aromatic rings. The lowest BCUT2D eigenvalue weighted by molar-refractivity contribution is 0.217. The highest BCUT2D eigenvalue weighted by molar-refractivity contribution is 6.30. The van der Waals surface area contributed by atoms with Crippen LogP contribution in [0.25, 0.3) is 5.57 Å². The summed E-state index contributed by atoms with van der Waals surface area (Å²) in [5.74, 6) is 0. The number of nitrogens with zero attached hydrogens (tertiary/aromatic N) is 1. The average molecular weight is 313 g/mol. The molecule has 112 valence electrons. The molecule has 0 saturated carbocycles. The summed E-state index contributed by atoms with van der Waals surface area (Å²) >= 11 is 5.84. The predicted molar refractivity (Wildman–Crippen MR) is 91.1 cm³/mol. The Morgan fingerprint density at radius 2 is 1.77 bits per heavy atom. The van der Waals surface area contributed by atoms with Gasteiger partial charge in [0, 0.05) is 23.8 Å². The maximum absolute atomic E-state index is 12.2. The average Bonchev–Trinajstić information content (AvgIpc) is 2.58. The molecular weight excluding hydrogens is 296 g/mol. The molecule has 0 unspecified atom stereocenters. The van der Waals surface area contributed by atoms with Gasteiger partial charge in [-0.1, -0.05) is 48.0 Å².